The Kier molecular flexibility index (Phi) is 4.34. The molecule has 1 fully saturated rings. The van der Waals surface area contributed by atoms with E-state index in [1.165, 1.54) is 12.8 Å². The van der Waals surface area contributed by atoms with Crippen LogP contribution in [0.1, 0.15) is 26.2 Å². The minimum absolute atomic E-state index is 0.120. The lowest BCUT2D eigenvalue weighted by Crippen LogP contribution is -2.44. The first-order chi connectivity index (χ1) is 7.54. The molecule has 0 bridgehead atoms. The molecule has 1 aliphatic carbocycles. The minimum atomic E-state index is -1.52. The summed E-state index contributed by atoms with van der Waals surface area (Å²) in [6, 6.07) is 0. The fourth-order valence-electron chi connectivity index (χ4n) is 2.35. The van der Waals surface area contributed by atoms with Crippen molar-refractivity contribution in [1.29, 1.82) is 0 Å². The van der Waals surface area contributed by atoms with Crippen LogP contribution < -0.4 is 0 Å². The molecule has 1 rings (SSSR count). The van der Waals surface area contributed by atoms with Crippen molar-refractivity contribution in [3.63, 3.8) is 0 Å². The number of hydrogen-bond acceptors (Lipinski definition) is 1. The van der Waals surface area contributed by atoms with Crippen LogP contribution in [0.15, 0.2) is 0 Å². The third-order valence-electron chi connectivity index (χ3n) is 3.12. The van der Waals surface area contributed by atoms with Gasteiger partial charge in [-0.3, -0.25) is 0 Å². The summed E-state index contributed by atoms with van der Waals surface area (Å²) in [5.41, 5.74) is 3.42. The summed E-state index contributed by atoms with van der Waals surface area (Å²) in [5, 5.41) is 0. The van der Waals surface area contributed by atoms with Crippen molar-refractivity contribution in [3.05, 3.63) is 0 Å². The van der Waals surface area contributed by atoms with E-state index in [-0.39, 0.29) is 5.60 Å². The van der Waals surface area contributed by atoms with Crippen LogP contribution in [0.5, 0.6) is 0 Å². The first-order valence-corrected chi connectivity index (χ1v) is 13.7. The third-order valence-corrected chi connectivity index (χ3v) is 4.97. The van der Waals surface area contributed by atoms with Crippen LogP contribution >= 0.6 is 0 Å². The maximum absolute atomic E-state index is 6.48. The van der Waals surface area contributed by atoms with E-state index in [0.717, 1.165) is 6.42 Å². The largest absolute Gasteiger partial charge is 0.401 e. The molecule has 0 aromatic heterocycles. The van der Waals surface area contributed by atoms with E-state index >= 15 is 0 Å². The Balaban J connectivity index is 2.98. The van der Waals surface area contributed by atoms with Crippen molar-refractivity contribution in [2.75, 3.05) is 0 Å². The van der Waals surface area contributed by atoms with Crippen molar-refractivity contribution in [2.45, 2.75) is 71.1 Å². The Labute approximate surface area is 109 Å². The zero-order valence-electron chi connectivity index (χ0n) is 12.6. The van der Waals surface area contributed by atoms with Gasteiger partial charge in [-0.1, -0.05) is 32.5 Å². The van der Waals surface area contributed by atoms with Gasteiger partial charge in [0, 0.05) is 0 Å². The molecule has 1 aliphatic rings. The molecule has 0 N–H and O–H groups in total. The number of rotatable bonds is 2. The normalized spacial score (nSPS) is 29.9. The van der Waals surface area contributed by atoms with Gasteiger partial charge in [-0.15, -0.1) is 5.54 Å². The molecule has 0 aromatic rings. The summed E-state index contributed by atoms with van der Waals surface area (Å²) in [6.07, 6.45) is 3.67. The smallest absolute Gasteiger partial charge is 0.185 e. The van der Waals surface area contributed by atoms with E-state index in [1.54, 1.807) is 0 Å². The topological polar surface area (TPSA) is 9.23 Å². The maximum Gasteiger partial charge on any atom is 0.185 e. The van der Waals surface area contributed by atoms with Gasteiger partial charge in [0.25, 0.3) is 0 Å². The molecular weight excluding hydrogens is 240 g/mol. The van der Waals surface area contributed by atoms with Gasteiger partial charge in [0.15, 0.2) is 8.32 Å². The summed E-state index contributed by atoms with van der Waals surface area (Å²) >= 11 is 0. The van der Waals surface area contributed by atoms with Crippen molar-refractivity contribution < 1.29 is 4.43 Å². The average Bonchev–Trinajstić information content (AvgIpc) is 2.41. The molecule has 1 nitrogen and oxygen atoms in total. The van der Waals surface area contributed by atoms with E-state index in [2.05, 4.69) is 57.7 Å². The van der Waals surface area contributed by atoms with Crippen molar-refractivity contribution in [2.24, 2.45) is 5.92 Å². The van der Waals surface area contributed by atoms with Gasteiger partial charge in [0.05, 0.1) is 0 Å². The van der Waals surface area contributed by atoms with Gasteiger partial charge in [0.1, 0.15) is 13.7 Å². The minimum Gasteiger partial charge on any atom is -0.401 e. The molecule has 98 valence electrons. The van der Waals surface area contributed by atoms with Crippen LogP contribution in [0.2, 0.25) is 39.3 Å². The summed E-state index contributed by atoms with van der Waals surface area (Å²) in [7, 11) is -2.82. The average molecular weight is 269 g/mol. The second kappa shape index (κ2) is 4.91. The monoisotopic (exact) mass is 268 g/mol. The molecule has 0 unspecified atom stereocenters. The van der Waals surface area contributed by atoms with Crippen LogP contribution in [0.4, 0.5) is 0 Å². The molecule has 2 atom stereocenters. The molecule has 0 amide bonds. The molecule has 17 heavy (non-hydrogen) atoms. The first kappa shape index (κ1) is 15.0. The molecule has 0 heterocycles. The molecule has 0 spiro atoms. The zero-order chi connectivity index (χ0) is 13.3. The third kappa shape index (κ3) is 4.61. The zero-order valence-corrected chi connectivity index (χ0v) is 14.6. The molecule has 0 radical (unpaired) electrons. The lowest BCUT2D eigenvalue weighted by atomic mass is 9.94. The summed E-state index contributed by atoms with van der Waals surface area (Å²) < 4.78 is 6.48. The molecule has 0 saturated heterocycles. The SMILES string of the molecule is C[C@@H]1CCC[C@@]1(C#C[Si](C)(C)C)O[Si](C)(C)C. The Bertz CT molecular complexity index is 327. The molecule has 0 aromatic carbocycles. The lowest BCUT2D eigenvalue weighted by Gasteiger charge is -2.35. The summed E-state index contributed by atoms with van der Waals surface area (Å²) in [5.74, 6) is 4.16. The first-order valence-electron chi connectivity index (χ1n) is 6.79. The Morgan fingerprint density at radius 3 is 2.06 bits per heavy atom. The highest BCUT2D eigenvalue weighted by molar-refractivity contribution is 6.83. The van der Waals surface area contributed by atoms with E-state index < -0.39 is 16.4 Å². The standard InChI is InChI=1S/C14H28OSi2/c1-13-9-8-10-14(13,15-17(5,6)7)11-12-16(2,3)4/h13H,8-10H2,1-7H3/t13-,14+/m1/s1. The quantitative estimate of drug-likeness (QED) is 0.536. The second-order valence-corrected chi connectivity index (χ2v) is 16.6. The van der Waals surface area contributed by atoms with Crippen LogP contribution in [0.3, 0.4) is 0 Å². The van der Waals surface area contributed by atoms with Crippen LogP contribution in [0, 0.1) is 17.4 Å². The second-order valence-electron chi connectivity index (χ2n) is 7.40. The van der Waals surface area contributed by atoms with Gasteiger partial charge in [0.2, 0.25) is 0 Å². The van der Waals surface area contributed by atoms with E-state index in [1.807, 2.05) is 0 Å². The predicted molar refractivity (Wildman–Crippen MR) is 81.3 cm³/mol. The van der Waals surface area contributed by atoms with Crippen molar-refractivity contribution >= 4 is 16.4 Å². The Morgan fingerprint density at radius 2 is 1.71 bits per heavy atom. The van der Waals surface area contributed by atoms with Gasteiger partial charge in [-0.2, -0.15) is 0 Å². The van der Waals surface area contributed by atoms with Crippen LogP contribution in [0.25, 0.3) is 0 Å². The Hall–Kier alpha value is -0.0462. The summed E-state index contributed by atoms with van der Waals surface area (Å²) in [4.78, 5) is 0. The predicted octanol–water partition coefficient (Wildman–Crippen LogP) is 4.28. The molecule has 1 saturated carbocycles. The van der Waals surface area contributed by atoms with Crippen LogP contribution in [-0.4, -0.2) is 22.0 Å². The highest BCUT2D eigenvalue weighted by Crippen LogP contribution is 2.40. The van der Waals surface area contributed by atoms with Crippen molar-refractivity contribution in [1.82, 2.24) is 0 Å². The number of hydrogen-bond donors (Lipinski definition) is 0. The van der Waals surface area contributed by atoms with Crippen LogP contribution in [-0.2, 0) is 4.43 Å². The fourth-order valence-corrected chi connectivity index (χ4v) is 4.39. The van der Waals surface area contributed by atoms with E-state index in [9.17, 15) is 0 Å². The Morgan fingerprint density at radius 1 is 1.12 bits per heavy atom. The molecule has 3 heteroatoms. The summed E-state index contributed by atoms with van der Waals surface area (Å²) in [6.45, 7) is 16.1. The van der Waals surface area contributed by atoms with Gasteiger partial charge < -0.3 is 4.43 Å². The highest BCUT2D eigenvalue weighted by Gasteiger charge is 2.43. The van der Waals surface area contributed by atoms with Gasteiger partial charge in [-0.05, 0) is 44.8 Å². The van der Waals surface area contributed by atoms with E-state index in [4.69, 9.17) is 4.43 Å². The molecule has 0 aliphatic heterocycles. The highest BCUT2D eigenvalue weighted by atomic mass is 28.4. The van der Waals surface area contributed by atoms with E-state index in [0.29, 0.717) is 5.92 Å². The fraction of sp³-hybridized carbons (Fsp3) is 0.857. The molecular formula is C14H28OSi2. The lowest BCUT2D eigenvalue weighted by molar-refractivity contribution is 0.0884. The van der Waals surface area contributed by atoms with Gasteiger partial charge >= 0.3 is 0 Å². The maximum atomic E-state index is 6.48. The van der Waals surface area contributed by atoms with Gasteiger partial charge in [-0.25, -0.2) is 0 Å². The van der Waals surface area contributed by atoms with Crippen molar-refractivity contribution in [3.8, 4) is 11.5 Å².